The highest BCUT2D eigenvalue weighted by Gasteiger charge is 2.24. The summed E-state index contributed by atoms with van der Waals surface area (Å²) in [5.74, 6) is -1.48. The lowest BCUT2D eigenvalue weighted by Crippen LogP contribution is -2.43. The van der Waals surface area contributed by atoms with E-state index in [1.165, 1.54) is 11.9 Å². The number of piperazine rings is 1. The summed E-state index contributed by atoms with van der Waals surface area (Å²) >= 11 is 0. The first kappa shape index (κ1) is 23.9. The van der Waals surface area contributed by atoms with Gasteiger partial charge in [-0.05, 0) is 38.1 Å². The molecular formula is C27H26F2N6O. The van der Waals surface area contributed by atoms with E-state index in [1.54, 1.807) is 6.08 Å². The van der Waals surface area contributed by atoms with Crippen molar-refractivity contribution in [1.29, 1.82) is 0 Å². The molecule has 2 aliphatic rings. The summed E-state index contributed by atoms with van der Waals surface area (Å²) in [6.45, 7) is 14.5. The molecule has 2 heterocycles. The molecule has 0 spiro atoms. The van der Waals surface area contributed by atoms with E-state index in [0.717, 1.165) is 50.1 Å². The first-order valence-electron chi connectivity index (χ1n) is 11.8. The van der Waals surface area contributed by atoms with Crippen LogP contribution in [0, 0.1) is 18.2 Å². The third-order valence-corrected chi connectivity index (χ3v) is 6.50. The van der Waals surface area contributed by atoms with Crippen LogP contribution in [0.25, 0.3) is 10.9 Å². The van der Waals surface area contributed by atoms with Crippen molar-refractivity contribution in [2.45, 2.75) is 19.9 Å². The summed E-state index contributed by atoms with van der Waals surface area (Å²) in [5, 5.41) is 3.12. The van der Waals surface area contributed by atoms with Crippen LogP contribution in [0.5, 0.6) is 11.6 Å². The fourth-order valence-corrected chi connectivity index (χ4v) is 4.47. The largest absolute Gasteiger partial charge is 0.446 e. The smallest absolute Gasteiger partial charge is 0.288 e. The van der Waals surface area contributed by atoms with E-state index in [9.17, 15) is 4.39 Å². The third-order valence-electron chi connectivity index (χ3n) is 6.50. The molecule has 5 rings (SSSR count). The number of hydrogen-bond acceptors (Lipinski definition) is 6. The van der Waals surface area contributed by atoms with Gasteiger partial charge in [-0.25, -0.2) is 23.6 Å². The average Bonchev–Trinajstić information content (AvgIpc) is 3.28. The van der Waals surface area contributed by atoms with Gasteiger partial charge in [-0.1, -0.05) is 23.8 Å². The standard InChI is InChI=1S/C27H26F2N6O/c1-17-12-20-21(13-17)24(29)23(14-22(20)28)36-27-25(30-2)26(31-16-32-27)33-19-6-4-18(5-7-19)15-35-10-8-34(3)9-11-35/h4-7,13-14,16H,8-12,15H2,1,3H3,(H,31,32,33). The number of halogens is 2. The minimum Gasteiger partial charge on any atom is -0.446 e. The van der Waals surface area contributed by atoms with Gasteiger partial charge >= 0.3 is 0 Å². The van der Waals surface area contributed by atoms with Crippen LogP contribution in [0.4, 0.5) is 26.0 Å². The zero-order valence-electron chi connectivity index (χ0n) is 20.2. The first-order chi connectivity index (χ1) is 17.4. The lowest BCUT2D eigenvalue weighted by atomic mass is 10.1. The average molecular weight is 489 g/mol. The molecule has 1 aliphatic carbocycles. The third kappa shape index (κ3) is 4.91. The molecule has 7 nitrogen and oxygen atoms in total. The molecule has 1 saturated heterocycles. The second-order valence-electron chi connectivity index (χ2n) is 9.22. The van der Waals surface area contributed by atoms with E-state index in [4.69, 9.17) is 11.3 Å². The molecule has 0 saturated carbocycles. The van der Waals surface area contributed by atoms with Crippen LogP contribution in [-0.4, -0.2) is 53.0 Å². The van der Waals surface area contributed by atoms with Crippen LogP contribution in [0.15, 0.2) is 42.2 Å². The summed E-state index contributed by atoms with van der Waals surface area (Å²) in [6, 6.07) is 8.92. The van der Waals surface area contributed by atoms with Crippen LogP contribution >= 0.6 is 0 Å². The normalized spacial score (nSPS) is 15.8. The van der Waals surface area contributed by atoms with Gasteiger partial charge in [0.15, 0.2) is 11.6 Å². The lowest BCUT2D eigenvalue weighted by molar-refractivity contribution is 0.148. The fraction of sp³-hybridized carbons (Fsp3) is 0.296. The molecule has 0 amide bonds. The Morgan fingerprint density at radius 1 is 1.11 bits per heavy atom. The highest BCUT2D eigenvalue weighted by Crippen LogP contribution is 2.40. The van der Waals surface area contributed by atoms with Crippen molar-refractivity contribution in [3.05, 3.63) is 82.0 Å². The van der Waals surface area contributed by atoms with Gasteiger partial charge in [-0.15, -0.1) is 0 Å². The van der Waals surface area contributed by atoms with Crippen molar-refractivity contribution in [3.63, 3.8) is 0 Å². The monoisotopic (exact) mass is 488 g/mol. The van der Waals surface area contributed by atoms with Crippen LogP contribution in [0.2, 0.25) is 0 Å². The molecule has 3 aromatic rings. The number of nitrogens with zero attached hydrogens (tertiary/aromatic N) is 5. The maximum atomic E-state index is 15.0. The van der Waals surface area contributed by atoms with Crippen molar-refractivity contribution >= 4 is 23.3 Å². The Morgan fingerprint density at radius 2 is 1.86 bits per heavy atom. The molecule has 2 aromatic carbocycles. The summed E-state index contributed by atoms with van der Waals surface area (Å²) in [7, 11) is 2.14. The lowest BCUT2D eigenvalue weighted by Gasteiger charge is -2.32. The van der Waals surface area contributed by atoms with Gasteiger partial charge in [0.05, 0.1) is 6.57 Å². The van der Waals surface area contributed by atoms with Crippen molar-refractivity contribution < 1.29 is 13.5 Å². The highest BCUT2D eigenvalue weighted by molar-refractivity contribution is 5.75. The van der Waals surface area contributed by atoms with Crippen molar-refractivity contribution in [3.8, 4) is 11.6 Å². The zero-order valence-corrected chi connectivity index (χ0v) is 20.2. The summed E-state index contributed by atoms with van der Waals surface area (Å²) < 4.78 is 35.2. The predicted molar refractivity (Wildman–Crippen MR) is 135 cm³/mol. The van der Waals surface area contributed by atoms with Crippen molar-refractivity contribution in [2.75, 3.05) is 38.5 Å². The van der Waals surface area contributed by atoms with E-state index in [2.05, 4.69) is 37.0 Å². The molecule has 1 N–H and O–H groups in total. The Bertz CT molecular complexity index is 1360. The minimum absolute atomic E-state index is 0.0222. The predicted octanol–water partition coefficient (Wildman–Crippen LogP) is 5.55. The van der Waals surface area contributed by atoms with Crippen LogP contribution in [-0.2, 0) is 13.0 Å². The van der Waals surface area contributed by atoms with E-state index < -0.39 is 11.6 Å². The molecule has 1 aliphatic heterocycles. The molecule has 184 valence electrons. The van der Waals surface area contributed by atoms with E-state index in [0.29, 0.717) is 12.0 Å². The second kappa shape index (κ2) is 10.0. The number of nitrogens with one attached hydrogen (secondary N) is 1. The van der Waals surface area contributed by atoms with Crippen LogP contribution in [0.1, 0.15) is 23.6 Å². The summed E-state index contributed by atoms with van der Waals surface area (Å²) in [5.41, 5.74) is 3.26. The second-order valence-corrected chi connectivity index (χ2v) is 9.22. The van der Waals surface area contributed by atoms with Crippen molar-refractivity contribution in [1.82, 2.24) is 19.8 Å². The molecule has 1 fully saturated rings. The van der Waals surface area contributed by atoms with Crippen LogP contribution < -0.4 is 10.1 Å². The highest BCUT2D eigenvalue weighted by atomic mass is 19.1. The Kier molecular flexibility index (Phi) is 6.63. The number of aromatic nitrogens is 2. The Balaban J connectivity index is 1.33. The van der Waals surface area contributed by atoms with Gasteiger partial charge in [0.25, 0.3) is 5.69 Å². The van der Waals surface area contributed by atoms with Crippen molar-refractivity contribution in [2.24, 2.45) is 0 Å². The first-order valence-corrected chi connectivity index (χ1v) is 11.8. The number of fused-ring (bicyclic) bond motifs is 1. The molecular weight excluding hydrogens is 462 g/mol. The Hall–Kier alpha value is -3.87. The van der Waals surface area contributed by atoms with Gasteiger partial charge in [-0.3, -0.25) is 4.90 Å². The SMILES string of the molecule is [C-]#[N+]c1c(Nc2ccc(CN3CCN(C)CC3)cc2)ncnc1Oc1cc(F)c2c(c1F)C=C(C)C2. The summed E-state index contributed by atoms with van der Waals surface area (Å²) in [4.78, 5) is 16.4. The van der Waals surface area contributed by atoms with Gasteiger partial charge in [0, 0.05) is 55.6 Å². The van der Waals surface area contributed by atoms with Gasteiger partial charge in [0.1, 0.15) is 18.0 Å². The quantitative estimate of drug-likeness (QED) is 0.460. The number of ether oxygens (including phenoxy) is 1. The molecule has 1 aromatic heterocycles. The maximum Gasteiger partial charge on any atom is 0.288 e. The number of benzene rings is 2. The van der Waals surface area contributed by atoms with Gasteiger partial charge in [-0.2, -0.15) is 0 Å². The number of likely N-dealkylation sites (N-methyl/N-ethyl adjacent to an activating group) is 1. The molecule has 0 radical (unpaired) electrons. The Labute approximate surface area is 208 Å². The van der Waals surface area contributed by atoms with Gasteiger partial charge in [0.2, 0.25) is 5.88 Å². The number of rotatable bonds is 6. The molecule has 9 heteroatoms. The van der Waals surface area contributed by atoms with E-state index in [1.807, 2.05) is 31.2 Å². The molecule has 0 atom stereocenters. The maximum absolute atomic E-state index is 15.0. The van der Waals surface area contributed by atoms with E-state index >= 15 is 4.39 Å². The molecule has 0 bridgehead atoms. The minimum atomic E-state index is -0.678. The number of hydrogen-bond donors (Lipinski definition) is 1. The fourth-order valence-electron chi connectivity index (χ4n) is 4.47. The molecule has 36 heavy (non-hydrogen) atoms. The topological polar surface area (TPSA) is 57.9 Å². The Morgan fingerprint density at radius 3 is 2.58 bits per heavy atom. The van der Waals surface area contributed by atoms with Crippen LogP contribution in [0.3, 0.4) is 0 Å². The zero-order chi connectivity index (χ0) is 25.2. The number of anilines is 2. The van der Waals surface area contributed by atoms with Gasteiger partial charge < -0.3 is 15.0 Å². The number of allylic oxidation sites excluding steroid dienone is 1. The summed E-state index contributed by atoms with van der Waals surface area (Å²) in [6.07, 6.45) is 3.19. The molecule has 0 unspecified atom stereocenters. The van der Waals surface area contributed by atoms with E-state index in [-0.39, 0.29) is 28.7 Å².